The number of pyridine rings is 1. The number of hydrogen-bond donors (Lipinski definition) is 2. The molecule has 2 N–H and O–H groups in total. The molecule has 2 aliphatic heterocycles. The van der Waals surface area contributed by atoms with Gasteiger partial charge in [0.2, 0.25) is 0 Å². The van der Waals surface area contributed by atoms with Gasteiger partial charge in [-0.25, -0.2) is 9.78 Å². The minimum atomic E-state index is -1.08. The highest BCUT2D eigenvalue weighted by Gasteiger charge is 2.53. The van der Waals surface area contributed by atoms with Crippen LogP contribution in [-0.2, 0) is 9.53 Å². The summed E-state index contributed by atoms with van der Waals surface area (Å²) in [5, 5.41) is 21.9. The molecule has 43 heavy (non-hydrogen) atoms. The van der Waals surface area contributed by atoms with E-state index in [4.69, 9.17) is 9.47 Å². The molecule has 0 bridgehead atoms. The first-order valence-electron chi connectivity index (χ1n) is 15.2. The number of aryl methyl sites for hydroxylation is 1. The molecule has 0 saturated heterocycles. The third-order valence-corrected chi connectivity index (χ3v) is 9.32. The number of carboxylic acids is 1. The van der Waals surface area contributed by atoms with E-state index in [1.165, 1.54) is 0 Å². The Morgan fingerprint density at radius 3 is 2.49 bits per heavy atom. The third-order valence-electron chi connectivity index (χ3n) is 9.32. The summed E-state index contributed by atoms with van der Waals surface area (Å²) in [7, 11) is 1.61. The monoisotopic (exact) mass is 588 g/mol. The molecule has 1 aromatic heterocycles. The van der Waals surface area contributed by atoms with Gasteiger partial charge in [0.15, 0.2) is 11.5 Å². The second kappa shape index (κ2) is 11.2. The van der Waals surface area contributed by atoms with Gasteiger partial charge in [0.1, 0.15) is 23.5 Å². The largest absolute Gasteiger partial charge is 0.496 e. The van der Waals surface area contributed by atoms with Crippen LogP contribution in [0.15, 0.2) is 40.9 Å². The zero-order valence-corrected chi connectivity index (χ0v) is 26.8. The van der Waals surface area contributed by atoms with Crippen molar-refractivity contribution < 1.29 is 29.3 Å². The highest BCUT2D eigenvalue weighted by Crippen LogP contribution is 2.56. The number of nitrogens with zero attached hydrogens (tertiary/aromatic N) is 2. The minimum Gasteiger partial charge on any atom is -0.496 e. The molecule has 0 radical (unpaired) electrons. The Labute approximate surface area is 254 Å². The topological polar surface area (TPSA) is 109 Å². The molecule has 1 aliphatic carbocycles. The van der Waals surface area contributed by atoms with E-state index in [9.17, 15) is 19.8 Å². The van der Waals surface area contributed by atoms with E-state index in [1.54, 1.807) is 14.0 Å². The first-order chi connectivity index (χ1) is 20.2. The van der Waals surface area contributed by atoms with Crippen molar-refractivity contribution in [1.82, 2.24) is 9.88 Å². The summed E-state index contributed by atoms with van der Waals surface area (Å²) in [6.45, 7) is 16.8. The SMILES string of the molecule is CCCN1C(O)C2=C(OC3=C(C(=O)CC(C)(C)C3)[C@@H]2c2c(OC)ccc(-c3cc(C)c(C)c(C(=O)O)n3)c2C)[C@H]1C(C)C. The first-order valence-corrected chi connectivity index (χ1v) is 15.2. The number of benzene rings is 1. The van der Waals surface area contributed by atoms with Crippen LogP contribution in [0.4, 0.5) is 0 Å². The van der Waals surface area contributed by atoms with Crippen LogP contribution in [-0.4, -0.2) is 57.8 Å². The van der Waals surface area contributed by atoms with Crippen LogP contribution in [0.25, 0.3) is 11.3 Å². The highest BCUT2D eigenvalue weighted by atomic mass is 16.5. The number of aliphatic hydroxyl groups excluding tert-OH is 1. The lowest BCUT2D eigenvalue weighted by atomic mass is 9.68. The molecule has 0 fully saturated rings. The van der Waals surface area contributed by atoms with Crippen molar-refractivity contribution >= 4 is 11.8 Å². The number of carbonyl (C=O) groups excluding carboxylic acids is 1. The van der Waals surface area contributed by atoms with Crippen molar-refractivity contribution in [1.29, 1.82) is 0 Å². The molecule has 5 rings (SSSR count). The molecular weight excluding hydrogens is 544 g/mol. The summed E-state index contributed by atoms with van der Waals surface area (Å²) in [4.78, 5) is 32.7. The van der Waals surface area contributed by atoms with Gasteiger partial charge >= 0.3 is 5.97 Å². The van der Waals surface area contributed by atoms with Crippen LogP contribution in [0.3, 0.4) is 0 Å². The molecule has 8 heteroatoms. The van der Waals surface area contributed by atoms with E-state index in [0.29, 0.717) is 53.3 Å². The van der Waals surface area contributed by atoms with Gasteiger partial charge in [-0.2, -0.15) is 0 Å². The average Bonchev–Trinajstić information content (AvgIpc) is 3.19. The average molecular weight is 589 g/mol. The van der Waals surface area contributed by atoms with E-state index in [1.807, 2.05) is 32.0 Å². The molecule has 1 unspecified atom stereocenters. The molecule has 8 nitrogen and oxygen atoms in total. The molecule has 3 aliphatic rings. The maximum absolute atomic E-state index is 14.0. The van der Waals surface area contributed by atoms with Crippen molar-refractivity contribution in [3.63, 3.8) is 0 Å². The highest BCUT2D eigenvalue weighted by molar-refractivity contribution is 6.00. The van der Waals surface area contributed by atoms with Crippen molar-refractivity contribution in [3.05, 3.63) is 68.8 Å². The zero-order valence-electron chi connectivity index (χ0n) is 26.8. The second-order valence-electron chi connectivity index (χ2n) is 13.4. The number of aliphatic hydroxyl groups is 1. The summed E-state index contributed by atoms with van der Waals surface area (Å²) < 4.78 is 12.7. The summed E-state index contributed by atoms with van der Waals surface area (Å²) in [5.74, 6) is 0.500. The molecule has 230 valence electrons. The maximum Gasteiger partial charge on any atom is 0.354 e. The number of carbonyl (C=O) groups is 2. The minimum absolute atomic E-state index is 0.00867. The van der Waals surface area contributed by atoms with Gasteiger partial charge in [-0.1, -0.05) is 34.6 Å². The molecule has 2 aromatic rings. The number of ether oxygens (including phenoxy) is 2. The van der Waals surface area contributed by atoms with Gasteiger partial charge < -0.3 is 19.7 Å². The van der Waals surface area contributed by atoms with Gasteiger partial charge in [-0.3, -0.25) is 9.69 Å². The Morgan fingerprint density at radius 1 is 1.19 bits per heavy atom. The quantitative estimate of drug-likeness (QED) is 0.379. The Hall–Kier alpha value is -3.49. The van der Waals surface area contributed by atoms with Crippen LogP contribution >= 0.6 is 0 Å². The number of methoxy groups -OCH3 is 1. The normalized spacial score (nSPS) is 23.4. The van der Waals surface area contributed by atoms with Gasteiger partial charge in [0, 0.05) is 47.6 Å². The second-order valence-corrected chi connectivity index (χ2v) is 13.4. The van der Waals surface area contributed by atoms with Gasteiger partial charge in [0.25, 0.3) is 0 Å². The van der Waals surface area contributed by atoms with Gasteiger partial charge in [-0.05, 0) is 73.4 Å². The van der Waals surface area contributed by atoms with E-state index in [2.05, 4.69) is 44.5 Å². The fourth-order valence-electron chi connectivity index (χ4n) is 7.27. The van der Waals surface area contributed by atoms with Crippen LogP contribution < -0.4 is 4.74 Å². The van der Waals surface area contributed by atoms with E-state index in [-0.39, 0.29) is 28.9 Å². The third kappa shape index (κ3) is 5.08. The van der Waals surface area contributed by atoms with Crippen molar-refractivity contribution in [2.45, 2.75) is 92.8 Å². The predicted molar refractivity (Wildman–Crippen MR) is 165 cm³/mol. The van der Waals surface area contributed by atoms with Gasteiger partial charge in [-0.15, -0.1) is 0 Å². The molecule has 3 atom stereocenters. The summed E-state index contributed by atoms with van der Waals surface area (Å²) in [5.41, 5.74) is 5.34. The van der Waals surface area contributed by atoms with E-state index in [0.717, 1.165) is 34.4 Å². The van der Waals surface area contributed by atoms with Crippen molar-refractivity contribution in [3.8, 4) is 17.0 Å². The summed E-state index contributed by atoms with van der Waals surface area (Å²) >= 11 is 0. The van der Waals surface area contributed by atoms with Crippen molar-refractivity contribution in [2.75, 3.05) is 13.7 Å². The fraction of sp³-hybridized carbons (Fsp3) is 0.514. The number of ketones is 1. The van der Waals surface area contributed by atoms with Crippen molar-refractivity contribution in [2.24, 2.45) is 11.3 Å². The number of Topliss-reactive ketones (excluding diaryl/α,β-unsaturated/α-hetero) is 1. The van der Waals surface area contributed by atoms with Crippen LogP contribution in [0, 0.1) is 32.1 Å². The lowest BCUT2D eigenvalue weighted by Gasteiger charge is -2.39. The van der Waals surface area contributed by atoms with E-state index >= 15 is 0 Å². The van der Waals surface area contributed by atoms with Crippen LogP contribution in [0.2, 0.25) is 0 Å². The lowest BCUT2D eigenvalue weighted by molar-refractivity contribution is -0.119. The molecule has 1 aromatic carbocycles. The smallest absolute Gasteiger partial charge is 0.354 e. The lowest BCUT2D eigenvalue weighted by Crippen LogP contribution is -2.42. The molecular formula is C35H44N2O6. The molecule has 3 heterocycles. The first kappa shape index (κ1) is 31.0. The number of allylic oxidation sites excluding steroid dienone is 2. The zero-order chi connectivity index (χ0) is 31.5. The van der Waals surface area contributed by atoms with E-state index < -0.39 is 18.1 Å². The Bertz CT molecular complexity index is 1570. The molecule has 0 saturated carbocycles. The number of aromatic nitrogens is 1. The number of rotatable bonds is 7. The number of hydrogen-bond acceptors (Lipinski definition) is 7. The van der Waals surface area contributed by atoms with Gasteiger partial charge in [0.05, 0.1) is 18.8 Å². The number of aromatic carboxylic acids is 1. The summed E-state index contributed by atoms with van der Waals surface area (Å²) in [6, 6.07) is 5.50. The molecule has 0 spiro atoms. The standard InChI is InChI=1S/C35H44N2O6/c1-10-13-37-31(17(2)3)32-29(33(37)39)28(27-23(38)15-35(7,8)16-25(27)43-32)26-20(6)21(11-12-24(26)42-9)22-14-18(4)19(5)30(36-22)34(40)41/h11-12,14,17,28,31,33,39H,10,13,15-16H2,1-9H3,(H,40,41)/t28-,31+,33?/m0/s1. The Morgan fingerprint density at radius 2 is 1.88 bits per heavy atom. The Balaban J connectivity index is 1.81. The molecule has 0 amide bonds. The van der Waals surface area contributed by atoms with Crippen LogP contribution in [0.1, 0.15) is 92.5 Å². The maximum atomic E-state index is 14.0. The predicted octanol–water partition coefficient (Wildman–Crippen LogP) is 6.46. The number of carboxylic acid groups (broad SMARTS) is 1. The fourth-order valence-corrected chi connectivity index (χ4v) is 7.27. The summed E-state index contributed by atoms with van der Waals surface area (Å²) in [6.07, 6.45) is 0.901. The van der Waals surface area contributed by atoms with Crippen LogP contribution in [0.5, 0.6) is 5.75 Å². The Kier molecular flexibility index (Phi) is 8.07.